The summed E-state index contributed by atoms with van der Waals surface area (Å²) in [6.07, 6.45) is 5.60. The second-order valence-electron chi connectivity index (χ2n) is 6.60. The van der Waals surface area contributed by atoms with Crippen LogP contribution < -0.4 is 4.90 Å². The summed E-state index contributed by atoms with van der Waals surface area (Å²) in [5.74, 6) is 0. The standard InChI is InChI=1S/C18H26N2O3S/c21-24(22,15-9-17-6-2-1-3-7-17)20-12-10-19(11-13-20)16-18-8-4-5-14-23-18/h1-3,6-7,9,15,18H,4-5,8,10-14,16H2/p+1/b15-9+/t18-/m0/s1. The third-order valence-corrected chi connectivity index (χ3v) is 6.38. The number of benzene rings is 1. The van der Waals surface area contributed by atoms with Crippen LogP contribution in [0.15, 0.2) is 35.7 Å². The van der Waals surface area contributed by atoms with Gasteiger partial charge < -0.3 is 9.64 Å². The van der Waals surface area contributed by atoms with Gasteiger partial charge in [-0.05, 0) is 30.9 Å². The van der Waals surface area contributed by atoms with Gasteiger partial charge in [-0.2, -0.15) is 4.31 Å². The Balaban J connectivity index is 1.50. The second kappa shape index (κ2) is 8.25. The Morgan fingerprint density at radius 1 is 1.17 bits per heavy atom. The fraction of sp³-hybridized carbons (Fsp3) is 0.556. The fourth-order valence-electron chi connectivity index (χ4n) is 3.37. The predicted octanol–water partition coefficient (Wildman–Crippen LogP) is 0.757. The minimum absolute atomic E-state index is 0.356. The zero-order valence-corrected chi connectivity index (χ0v) is 14.9. The quantitative estimate of drug-likeness (QED) is 0.852. The number of quaternary nitrogens is 1. The number of hydrogen-bond donors (Lipinski definition) is 1. The number of sulfonamides is 1. The van der Waals surface area contributed by atoms with Gasteiger partial charge in [0.25, 0.3) is 0 Å². The zero-order chi connectivity index (χ0) is 16.8. The molecule has 2 fully saturated rings. The van der Waals surface area contributed by atoms with E-state index in [9.17, 15) is 8.42 Å². The van der Waals surface area contributed by atoms with Gasteiger partial charge in [0.15, 0.2) is 0 Å². The highest BCUT2D eigenvalue weighted by Gasteiger charge is 2.29. The summed E-state index contributed by atoms with van der Waals surface area (Å²) >= 11 is 0. The summed E-state index contributed by atoms with van der Waals surface area (Å²) in [4.78, 5) is 1.46. The Morgan fingerprint density at radius 2 is 1.92 bits per heavy atom. The molecule has 0 spiro atoms. The summed E-state index contributed by atoms with van der Waals surface area (Å²) in [5.41, 5.74) is 0.903. The highest BCUT2D eigenvalue weighted by molar-refractivity contribution is 7.92. The number of rotatable bonds is 5. The third kappa shape index (κ3) is 4.89. The van der Waals surface area contributed by atoms with Crippen LogP contribution in [0, 0.1) is 0 Å². The first kappa shape index (κ1) is 17.6. The van der Waals surface area contributed by atoms with Crippen molar-refractivity contribution in [1.29, 1.82) is 0 Å². The molecule has 1 atom stereocenters. The molecule has 2 heterocycles. The Morgan fingerprint density at radius 3 is 2.58 bits per heavy atom. The van der Waals surface area contributed by atoms with Crippen molar-refractivity contribution in [1.82, 2.24) is 4.31 Å². The Kier molecular flexibility index (Phi) is 6.05. The first-order valence-electron chi connectivity index (χ1n) is 8.82. The van der Waals surface area contributed by atoms with Crippen molar-refractivity contribution in [3.8, 4) is 0 Å². The van der Waals surface area contributed by atoms with Crippen LogP contribution in [0.1, 0.15) is 24.8 Å². The molecule has 1 aromatic rings. The predicted molar refractivity (Wildman–Crippen MR) is 95.1 cm³/mol. The molecule has 2 aliphatic rings. The lowest BCUT2D eigenvalue weighted by Gasteiger charge is -2.33. The van der Waals surface area contributed by atoms with E-state index >= 15 is 0 Å². The lowest BCUT2D eigenvalue weighted by Crippen LogP contribution is -3.15. The van der Waals surface area contributed by atoms with Gasteiger partial charge >= 0.3 is 0 Å². The van der Waals surface area contributed by atoms with Crippen LogP contribution >= 0.6 is 0 Å². The molecule has 0 aliphatic carbocycles. The Hall–Kier alpha value is -1.21. The first-order valence-corrected chi connectivity index (χ1v) is 10.3. The minimum Gasteiger partial charge on any atom is -0.372 e. The van der Waals surface area contributed by atoms with Crippen molar-refractivity contribution < 1.29 is 18.1 Å². The van der Waals surface area contributed by atoms with Crippen LogP contribution in [0.4, 0.5) is 0 Å². The lowest BCUT2D eigenvalue weighted by atomic mass is 10.1. The first-order chi connectivity index (χ1) is 11.6. The monoisotopic (exact) mass is 351 g/mol. The van der Waals surface area contributed by atoms with Crippen LogP contribution in [-0.2, 0) is 14.8 Å². The van der Waals surface area contributed by atoms with E-state index in [1.54, 1.807) is 10.4 Å². The number of ether oxygens (including phenoxy) is 1. The molecule has 0 radical (unpaired) electrons. The number of nitrogens with one attached hydrogen (secondary N) is 1. The third-order valence-electron chi connectivity index (χ3n) is 4.81. The van der Waals surface area contributed by atoms with Gasteiger partial charge in [-0.25, -0.2) is 8.42 Å². The average molecular weight is 351 g/mol. The molecular formula is C18H27N2O3S+. The molecule has 0 unspecified atom stereocenters. The van der Waals surface area contributed by atoms with Crippen molar-refractivity contribution in [3.05, 3.63) is 41.3 Å². The van der Waals surface area contributed by atoms with Crippen molar-refractivity contribution in [3.63, 3.8) is 0 Å². The molecule has 1 aromatic carbocycles. The van der Waals surface area contributed by atoms with Gasteiger partial charge in [0, 0.05) is 12.0 Å². The maximum atomic E-state index is 12.5. The fourth-order valence-corrected chi connectivity index (χ4v) is 4.56. The average Bonchev–Trinajstić information content (AvgIpc) is 2.62. The van der Waals surface area contributed by atoms with Gasteiger partial charge in [0.1, 0.15) is 12.6 Å². The second-order valence-corrected chi connectivity index (χ2v) is 8.42. The molecule has 2 saturated heterocycles. The van der Waals surface area contributed by atoms with E-state index in [2.05, 4.69) is 0 Å². The van der Waals surface area contributed by atoms with Gasteiger partial charge in [-0.3, -0.25) is 0 Å². The van der Waals surface area contributed by atoms with Gasteiger partial charge in [-0.15, -0.1) is 0 Å². The highest BCUT2D eigenvalue weighted by atomic mass is 32.2. The molecule has 6 heteroatoms. The molecule has 0 aromatic heterocycles. The maximum Gasteiger partial charge on any atom is 0.236 e. The molecule has 0 saturated carbocycles. The van der Waals surface area contributed by atoms with Crippen molar-refractivity contribution >= 4 is 16.1 Å². The van der Waals surface area contributed by atoms with Crippen molar-refractivity contribution in [2.45, 2.75) is 25.4 Å². The summed E-state index contributed by atoms with van der Waals surface area (Å²) in [5, 5.41) is 1.33. The highest BCUT2D eigenvalue weighted by Crippen LogP contribution is 2.11. The molecular weight excluding hydrogens is 324 g/mol. The lowest BCUT2D eigenvalue weighted by molar-refractivity contribution is -0.907. The normalized spacial score (nSPS) is 24.4. The van der Waals surface area contributed by atoms with Crippen LogP contribution in [0.3, 0.4) is 0 Å². The van der Waals surface area contributed by atoms with E-state index in [4.69, 9.17) is 4.74 Å². The van der Waals surface area contributed by atoms with Crippen LogP contribution in [0.5, 0.6) is 0 Å². The molecule has 5 nitrogen and oxygen atoms in total. The molecule has 0 bridgehead atoms. The van der Waals surface area contributed by atoms with E-state index in [0.29, 0.717) is 19.2 Å². The van der Waals surface area contributed by atoms with Gasteiger partial charge in [-0.1, -0.05) is 30.3 Å². The molecule has 1 N–H and O–H groups in total. The molecule has 2 aliphatic heterocycles. The summed E-state index contributed by atoms with van der Waals surface area (Å²) in [6.45, 7) is 4.78. The van der Waals surface area contributed by atoms with Crippen LogP contribution in [0.25, 0.3) is 6.08 Å². The summed E-state index contributed by atoms with van der Waals surface area (Å²) < 4.78 is 32.3. The van der Waals surface area contributed by atoms with E-state index in [1.165, 1.54) is 23.1 Å². The van der Waals surface area contributed by atoms with Gasteiger partial charge in [0.05, 0.1) is 26.2 Å². The smallest absolute Gasteiger partial charge is 0.236 e. The van der Waals surface area contributed by atoms with Crippen LogP contribution in [0.2, 0.25) is 0 Å². The Bertz CT molecular complexity index is 631. The summed E-state index contributed by atoms with van der Waals surface area (Å²) in [6, 6.07) is 9.53. The molecule has 132 valence electrons. The van der Waals surface area contributed by atoms with E-state index < -0.39 is 10.0 Å². The van der Waals surface area contributed by atoms with E-state index in [0.717, 1.165) is 38.2 Å². The SMILES string of the molecule is O=S(=O)(/C=C/c1ccccc1)N1CC[NH+](C[C@@H]2CCCCO2)CC1. The van der Waals surface area contributed by atoms with Crippen molar-refractivity contribution in [2.24, 2.45) is 0 Å². The van der Waals surface area contributed by atoms with Crippen molar-refractivity contribution in [2.75, 3.05) is 39.3 Å². The number of piperazine rings is 1. The zero-order valence-electron chi connectivity index (χ0n) is 14.1. The topological polar surface area (TPSA) is 51.0 Å². The largest absolute Gasteiger partial charge is 0.372 e. The maximum absolute atomic E-state index is 12.5. The van der Waals surface area contributed by atoms with E-state index in [-0.39, 0.29) is 0 Å². The van der Waals surface area contributed by atoms with E-state index in [1.807, 2.05) is 30.3 Å². The molecule has 3 rings (SSSR count). The van der Waals surface area contributed by atoms with Gasteiger partial charge in [0.2, 0.25) is 10.0 Å². The molecule has 24 heavy (non-hydrogen) atoms. The Labute approximate surface area is 145 Å². The molecule has 0 amide bonds. The summed E-state index contributed by atoms with van der Waals surface area (Å²) in [7, 11) is -3.33. The van der Waals surface area contributed by atoms with Crippen LogP contribution in [-0.4, -0.2) is 58.2 Å². The number of hydrogen-bond acceptors (Lipinski definition) is 3. The minimum atomic E-state index is -3.33. The number of nitrogens with zero attached hydrogens (tertiary/aromatic N) is 1.